The lowest BCUT2D eigenvalue weighted by Gasteiger charge is -2.36. The Labute approximate surface area is 201 Å². The fourth-order valence-electron chi connectivity index (χ4n) is 4.43. The average Bonchev–Trinajstić information content (AvgIpc) is 2.88. The van der Waals surface area contributed by atoms with Gasteiger partial charge in [-0.25, -0.2) is 8.42 Å². The second kappa shape index (κ2) is 11.0. The normalized spacial score (nSPS) is 15.4. The van der Waals surface area contributed by atoms with E-state index in [0.717, 1.165) is 56.5 Å². The molecule has 0 unspecified atom stereocenters. The first-order valence-electron chi connectivity index (χ1n) is 11.6. The van der Waals surface area contributed by atoms with E-state index in [1.807, 2.05) is 18.2 Å². The molecule has 0 amide bonds. The van der Waals surface area contributed by atoms with Crippen LogP contribution in [0.15, 0.2) is 65.8 Å². The van der Waals surface area contributed by atoms with E-state index in [1.54, 1.807) is 54.1 Å². The highest BCUT2D eigenvalue weighted by Gasteiger charge is 2.31. The number of ether oxygens (including phenoxy) is 1. The van der Waals surface area contributed by atoms with Gasteiger partial charge in [0.05, 0.1) is 23.1 Å². The van der Waals surface area contributed by atoms with Crippen LogP contribution in [-0.2, 0) is 10.0 Å². The van der Waals surface area contributed by atoms with Gasteiger partial charge in [0.15, 0.2) is 0 Å². The molecule has 4 rings (SSSR count). The first-order valence-corrected chi connectivity index (χ1v) is 13.1. The zero-order valence-electron chi connectivity index (χ0n) is 19.4. The number of likely N-dealkylation sites (tertiary alicyclic amines) is 1. The maximum absolute atomic E-state index is 13.4. The number of fused-ring (bicyclic) bond motifs is 1. The lowest BCUT2D eigenvalue weighted by Crippen LogP contribution is -2.45. The van der Waals surface area contributed by atoms with E-state index < -0.39 is 10.0 Å². The van der Waals surface area contributed by atoms with Gasteiger partial charge in [0, 0.05) is 36.3 Å². The SMILES string of the molecule is CN(C1CCN(CCCCOc2ccc(C#N)cc2)CC1)S(=O)(=O)c1cccc2cnccc12. The summed E-state index contributed by atoms with van der Waals surface area (Å²) < 4.78 is 34.1. The summed E-state index contributed by atoms with van der Waals surface area (Å²) in [4.78, 5) is 6.86. The van der Waals surface area contributed by atoms with Gasteiger partial charge in [0.1, 0.15) is 5.75 Å². The fraction of sp³-hybridized carbons (Fsp3) is 0.385. The van der Waals surface area contributed by atoms with Crippen molar-refractivity contribution in [2.45, 2.75) is 36.6 Å². The van der Waals surface area contributed by atoms with Crippen molar-refractivity contribution in [2.24, 2.45) is 0 Å². The summed E-state index contributed by atoms with van der Waals surface area (Å²) >= 11 is 0. The quantitative estimate of drug-likeness (QED) is 0.431. The first-order chi connectivity index (χ1) is 16.5. The predicted octanol–water partition coefficient (Wildman–Crippen LogP) is 4.05. The molecule has 1 saturated heterocycles. The van der Waals surface area contributed by atoms with E-state index in [0.29, 0.717) is 22.5 Å². The molecule has 0 radical (unpaired) electrons. The lowest BCUT2D eigenvalue weighted by molar-refractivity contribution is 0.165. The second-order valence-electron chi connectivity index (χ2n) is 8.64. The number of sulfonamides is 1. The van der Waals surface area contributed by atoms with Gasteiger partial charge in [-0.3, -0.25) is 4.98 Å². The molecule has 0 N–H and O–H groups in total. The molecule has 34 heavy (non-hydrogen) atoms. The zero-order chi connectivity index (χ0) is 24.0. The molecule has 1 aliphatic rings. The van der Waals surface area contributed by atoms with Gasteiger partial charge in [-0.2, -0.15) is 9.57 Å². The van der Waals surface area contributed by atoms with Crippen LogP contribution in [0.25, 0.3) is 10.8 Å². The van der Waals surface area contributed by atoms with Crippen LogP contribution in [0.5, 0.6) is 5.75 Å². The summed E-state index contributed by atoms with van der Waals surface area (Å²) in [5.41, 5.74) is 0.628. The number of nitriles is 1. The number of piperidine rings is 1. The maximum Gasteiger partial charge on any atom is 0.243 e. The van der Waals surface area contributed by atoms with Crippen LogP contribution in [0, 0.1) is 11.3 Å². The number of rotatable bonds is 9. The third kappa shape index (κ3) is 5.55. The van der Waals surface area contributed by atoms with Crippen LogP contribution in [0.2, 0.25) is 0 Å². The largest absolute Gasteiger partial charge is 0.494 e. The number of nitrogens with zero attached hydrogens (tertiary/aromatic N) is 4. The van der Waals surface area contributed by atoms with Gasteiger partial charge < -0.3 is 9.64 Å². The third-order valence-corrected chi connectivity index (χ3v) is 8.46. The molecule has 7 nitrogen and oxygen atoms in total. The summed E-state index contributed by atoms with van der Waals surface area (Å²) in [6.45, 7) is 3.40. The molecular formula is C26H30N4O3S. The molecule has 2 aromatic carbocycles. The van der Waals surface area contributed by atoms with Crippen LogP contribution in [0.3, 0.4) is 0 Å². The molecule has 0 saturated carbocycles. The molecule has 3 aromatic rings. The van der Waals surface area contributed by atoms with Gasteiger partial charge in [-0.1, -0.05) is 12.1 Å². The minimum atomic E-state index is -3.59. The highest BCUT2D eigenvalue weighted by molar-refractivity contribution is 7.89. The number of pyridine rings is 1. The molecule has 2 heterocycles. The van der Waals surface area contributed by atoms with E-state index >= 15 is 0 Å². The molecule has 8 heteroatoms. The van der Waals surface area contributed by atoms with E-state index in [2.05, 4.69) is 16.0 Å². The molecule has 1 aromatic heterocycles. The molecular weight excluding hydrogens is 448 g/mol. The molecule has 178 valence electrons. The Morgan fingerprint density at radius 1 is 1.12 bits per heavy atom. The van der Waals surface area contributed by atoms with Crippen LogP contribution in [0.1, 0.15) is 31.2 Å². The Balaban J connectivity index is 1.23. The Morgan fingerprint density at radius 2 is 1.88 bits per heavy atom. The zero-order valence-corrected chi connectivity index (χ0v) is 20.2. The molecule has 0 bridgehead atoms. The number of aromatic nitrogens is 1. The molecule has 0 atom stereocenters. The van der Waals surface area contributed by atoms with Crippen LogP contribution in [0.4, 0.5) is 0 Å². The van der Waals surface area contributed by atoms with Crippen molar-refractivity contribution >= 4 is 20.8 Å². The van der Waals surface area contributed by atoms with Gasteiger partial charge in [0.2, 0.25) is 10.0 Å². The number of hydrogen-bond acceptors (Lipinski definition) is 6. The second-order valence-corrected chi connectivity index (χ2v) is 10.6. The third-order valence-electron chi connectivity index (χ3n) is 6.49. The van der Waals surface area contributed by atoms with Gasteiger partial charge in [-0.15, -0.1) is 0 Å². The van der Waals surface area contributed by atoms with Crippen LogP contribution in [-0.4, -0.2) is 61.9 Å². The fourth-order valence-corrected chi connectivity index (χ4v) is 6.06. The minimum Gasteiger partial charge on any atom is -0.494 e. The number of benzene rings is 2. The first kappa shape index (κ1) is 24.1. The van der Waals surface area contributed by atoms with Crippen molar-refractivity contribution in [1.82, 2.24) is 14.2 Å². The monoisotopic (exact) mass is 478 g/mol. The van der Waals surface area contributed by atoms with Crippen molar-refractivity contribution < 1.29 is 13.2 Å². The summed E-state index contributed by atoms with van der Waals surface area (Å²) in [5, 5.41) is 10.4. The van der Waals surface area contributed by atoms with Crippen LogP contribution >= 0.6 is 0 Å². The molecule has 0 aliphatic carbocycles. The number of hydrogen-bond donors (Lipinski definition) is 0. The highest BCUT2D eigenvalue weighted by Crippen LogP contribution is 2.28. The molecule has 0 spiro atoms. The van der Waals surface area contributed by atoms with Crippen molar-refractivity contribution in [3.63, 3.8) is 0 Å². The predicted molar refractivity (Wildman–Crippen MR) is 132 cm³/mol. The van der Waals surface area contributed by atoms with Crippen molar-refractivity contribution in [1.29, 1.82) is 5.26 Å². The van der Waals surface area contributed by atoms with E-state index in [9.17, 15) is 8.42 Å². The summed E-state index contributed by atoms with van der Waals surface area (Å²) in [6, 6.07) is 16.4. The summed E-state index contributed by atoms with van der Waals surface area (Å²) in [7, 11) is -1.88. The highest BCUT2D eigenvalue weighted by atomic mass is 32.2. The van der Waals surface area contributed by atoms with E-state index in [4.69, 9.17) is 10.00 Å². The smallest absolute Gasteiger partial charge is 0.243 e. The standard InChI is InChI=1S/C26H30N4O3S/c1-29(34(31,32)26-6-4-5-22-20-28-14-11-25(22)26)23-12-16-30(17-13-23)15-2-3-18-33-24-9-7-21(19-27)8-10-24/h4-11,14,20,23H,2-3,12-13,15-18H2,1H3. The lowest BCUT2D eigenvalue weighted by atomic mass is 10.1. The molecule has 1 aliphatic heterocycles. The molecule has 1 fully saturated rings. The van der Waals surface area contributed by atoms with Crippen LogP contribution < -0.4 is 4.74 Å². The Kier molecular flexibility index (Phi) is 7.78. The van der Waals surface area contributed by atoms with Crippen molar-refractivity contribution in [3.8, 4) is 11.8 Å². The van der Waals surface area contributed by atoms with E-state index in [-0.39, 0.29) is 6.04 Å². The Morgan fingerprint density at radius 3 is 2.62 bits per heavy atom. The maximum atomic E-state index is 13.4. The number of unbranched alkanes of at least 4 members (excludes halogenated alkanes) is 1. The topological polar surface area (TPSA) is 86.5 Å². The Bertz CT molecular complexity index is 1240. The summed E-state index contributed by atoms with van der Waals surface area (Å²) in [5.74, 6) is 0.784. The average molecular weight is 479 g/mol. The van der Waals surface area contributed by atoms with Gasteiger partial charge >= 0.3 is 0 Å². The minimum absolute atomic E-state index is 0.00180. The van der Waals surface area contributed by atoms with Gasteiger partial charge in [-0.05, 0) is 81.7 Å². The Hall–Kier alpha value is -2.99. The van der Waals surface area contributed by atoms with Crippen molar-refractivity contribution in [3.05, 3.63) is 66.5 Å². The van der Waals surface area contributed by atoms with E-state index in [1.165, 1.54) is 0 Å². The summed E-state index contributed by atoms with van der Waals surface area (Å²) in [6.07, 6.45) is 6.95. The van der Waals surface area contributed by atoms with Gasteiger partial charge in [0.25, 0.3) is 0 Å². The van der Waals surface area contributed by atoms with Crippen molar-refractivity contribution in [2.75, 3.05) is 33.3 Å².